The average Bonchev–Trinajstić information content (AvgIpc) is 2.70. The van der Waals surface area contributed by atoms with Crippen LogP contribution in [-0.4, -0.2) is 42.8 Å². The predicted molar refractivity (Wildman–Crippen MR) is 71.0 cm³/mol. The fourth-order valence-electron chi connectivity index (χ4n) is 3.38. The van der Waals surface area contributed by atoms with Gasteiger partial charge in [-0.25, -0.2) is 0 Å². The normalized spacial score (nSPS) is 38.5. The summed E-state index contributed by atoms with van der Waals surface area (Å²) in [6.07, 6.45) is 5.05. The Morgan fingerprint density at radius 3 is 2.65 bits per heavy atom. The Hall–Kier alpha value is -0.120. The summed E-state index contributed by atoms with van der Waals surface area (Å²) >= 11 is 0. The Balaban J connectivity index is 2.09. The van der Waals surface area contributed by atoms with E-state index in [1.807, 2.05) is 0 Å². The minimum Gasteiger partial charge on any atom is -0.378 e. The summed E-state index contributed by atoms with van der Waals surface area (Å²) in [5, 5.41) is 0. The Bertz CT molecular complexity index is 267. The number of likely N-dealkylation sites (tertiary alicyclic amines) is 1. The third kappa shape index (κ3) is 2.67. The summed E-state index contributed by atoms with van der Waals surface area (Å²) in [7, 11) is 0. The van der Waals surface area contributed by atoms with Crippen molar-refractivity contribution in [2.75, 3.05) is 26.2 Å². The molecule has 2 aliphatic heterocycles. The monoisotopic (exact) mass is 240 g/mol. The van der Waals surface area contributed by atoms with Crippen molar-refractivity contribution in [3.05, 3.63) is 0 Å². The molecule has 2 atom stereocenters. The fourth-order valence-corrected chi connectivity index (χ4v) is 3.38. The van der Waals surface area contributed by atoms with Crippen LogP contribution in [0.2, 0.25) is 0 Å². The highest BCUT2D eigenvalue weighted by Crippen LogP contribution is 2.39. The molecule has 2 unspecified atom stereocenters. The SMILES string of the molecule is CCC1CC(CN)(N2CCC(C)(C)C2)CCO1. The third-order valence-corrected chi connectivity index (χ3v) is 4.71. The van der Waals surface area contributed by atoms with Crippen molar-refractivity contribution in [3.63, 3.8) is 0 Å². The Labute approximate surface area is 106 Å². The van der Waals surface area contributed by atoms with Gasteiger partial charge in [0.2, 0.25) is 0 Å². The second kappa shape index (κ2) is 4.87. The van der Waals surface area contributed by atoms with Gasteiger partial charge in [0.1, 0.15) is 0 Å². The lowest BCUT2D eigenvalue weighted by Gasteiger charge is -2.47. The van der Waals surface area contributed by atoms with Gasteiger partial charge in [-0.3, -0.25) is 4.90 Å². The first-order chi connectivity index (χ1) is 8.01. The van der Waals surface area contributed by atoms with Crippen LogP contribution in [0.25, 0.3) is 0 Å². The van der Waals surface area contributed by atoms with Crippen LogP contribution in [0.5, 0.6) is 0 Å². The minimum atomic E-state index is 0.215. The maximum absolute atomic E-state index is 6.13. The van der Waals surface area contributed by atoms with E-state index in [4.69, 9.17) is 10.5 Å². The lowest BCUT2D eigenvalue weighted by Crippen LogP contribution is -2.58. The van der Waals surface area contributed by atoms with Crippen molar-refractivity contribution >= 4 is 0 Å². The fraction of sp³-hybridized carbons (Fsp3) is 1.00. The number of rotatable bonds is 3. The van der Waals surface area contributed by atoms with Gasteiger partial charge in [-0.2, -0.15) is 0 Å². The third-order valence-electron chi connectivity index (χ3n) is 4.71. The van der Waals surface area contributed by atoms with Crippen LogP contribution in [0.15, 0.2) is 0 Å². The van der Waals surface area contributed by atoms with E-state index in [9.17, 15) is 0 Å². The zero-order chi connectivity index (χ0) is 12.5. The van der Waals surface area contributed by atoms with Crippen LogP contribution in [0, 0.1) is 5.41 Å². The van der Waals surface area contributed by atoms with Crippen molar-refractivity contribution in [2.45, 2.75) is 58.1 Å². The van der Waals surface area contributed by atoms with Gasteiger partial charge in [0, 0.05) is 25.2 Å². The lowest BCUT2D eigenvalue weighted by atomic mass is 9.84. The zero-order valence-corrected chi connectivity index (χ0v) is 11.7. The van der Waals surface area contributed by atoms with Crippen molar-refractivity contribution < 1.29 is 4.74 Å². The largest absolute Gasteiger partial charge is 0.378 e. The summed E-state index contributed by atoms with van der Waals surface area (Å²) in [4.78, 5) is 2.65. The zero-order valence-electron chi connectivity index (χ0n) is 11.7. The molecule has 2 N–H and O–H groups in total. The molecule has 2 fully saturated rings. The van der Waals surface area contributed by atoms with Crippen molar-refractivity contribution in [3.8, 4) is 0 Å². The number of nitrogens with zero attached hydrogens (tertiary/aromatic N) is 1. The molecule has 2 rings (SSSR count). The second-order valence-corrected chi connectivity index (χ2v) is 6.62. The van der Waals surface area contributed by atoms with E-state index in [-0.39, 0.29) is 5.54 Å². The molecule has 0 amide bonds. The van der Waals surface area contributed by atoms with Gasteiger partial charge in [-0.1, -0.05) is 20.8 Å². The van der Waals surface area contributed by atoms with E-state index >= 15 is 0 Å². The van der Waals surface area contributed by atoms with Crippen LogP contribution in [-0.2, 0) is 4.74 Å². The quantitative estimate of drug-likeness (QED) is 0.820. The highest BCUT2D eigenvalue weighted by molar-refractivity contribution is 5.00. The molecule has 0 saturated carbocycles. The van der Waals surface area contributed by atoms with Gasteiger partial charge >= 0.3 is 0 Å². The first-order valence-electron chi connectivity index (χ1n) is 7.08. The Morgan fingerprint density at radius 2 is 2.12 bits per heavy atom. The van der Waals surface area contributed by atoms with E-state index < -0.39 is 0 Å². The summed E-state index contributed by atoms with van der Waals surface area (Å²) in [6, 6.07) is 0. The van der Waals surface area contributed by atoms with Gasteiger partial charge in [-0.15, -0.1) is 0 Å². The Kier molecular flexibility index (Phi) is 3.81. The topological polar surface area (TPSA) is 38.5 Å². The maximum Gasteiger partial charge on any atom is 0.0590 e. The molecule has 17 heavy (non-hydrogen) atoms. The molecule has 3 heteroatoms. The smallest absolute Gasteiger partial charge is 0.0590 e. The van der Waals surface area contributed by atoms with Gasteiger partial charge in [0.25, 0.3) is 0 Å². The Morgan fingerprint density at radius 1 is 1.35 bits per heavy atom. The van der Waals surface area contributed by atoms with Gasteiger partial charge in [-0.05, 0) is 37.6 Å². The van der Waals surface area contributed by atoms with Gasteiger partial charge < -0.3 is 10.5 Å². The van der Waals surface area contributed by atoms with E-state index in [1.165, 1.54) is 19.5 Å². The number of ether oxygens (including phenoxy) is 1. The van der Waals surface area contributed by atoms with Crippen LogP contribution < -0.4 is 5.73 Å². The summed E-state index contributed by atoms with van der Waals surface area (Å²) < 4.78 is 5.81. The standard InChI is InChI=1S/C14H28N2O/c1-4-12-9-14(10-15,6-8-17-12)16-7-5-13(2,3)11-16/h12H,4-11,15H2,1-3H3. The molecule has 2 saturated heterocycles. The molecule has 0 aromatic rings. The first-order valence-corrected chi connectivity index (χ1v) is 7.08. The van der Waals surface area contributed by atoms with Crippen LogP contribution in [0.1, 0.15) is 46.5 Å². The molecule has 100 valence electrons. The highest BCUT2D eigenvalue weighted by Gasteiger charge is 2.44. The number of nitrogens with two attached hydrogens (primary N) is 1. The molecule has 0 radical (unpaired) electrons. The maximum atomic E-state index is 6.13. The van der Waals surface area contributed by atoms with E-state index in [1.54, 1.807) is 0 Å². The number of hydrogen-bond acceptors (Lipinski definition) is 3. The molecular formula is C14H28N2O. The molecule has 3 nitrogen and oxygen atoms in total. The van der Waals surface area contributed by atoms with Crippen LogP contribution in [0.3, 0.4) is 0 Å². The van der Waals surface area contributed by atoms with E-state index in [2.05, 4.69) is 25.7 Å². The minimum absolute atomic E-state index is 0.215. The predicted octanol–water partition coefficient (Wildman–Crippen LogP) is 2.00. The summed E-state index contributed by atoms with van der Waals surface area (Å²) in [6.45, 7) is 11.0. The molecule has 2 aliphatic rings. The first kappa shape index (κ1) is 13.3. The van der Waals surface area contributed by atoms with Crippen molar-refractivity contribution in [2.24, 2.45) is 11.1 Å². The molecule has 0 bridgehead atoms. The van der Waals surface area contributed by atoms with Gasteiger partial charge in [0.15, 0.2) is 0 Å². The van der Waals surface area contributed by atoms with E-state index in [0.29, 0.717) is 11.5 Å². The molecule has 0 aromatic carbocycles. The van der Waals surface area contributed by atoms with Crippen LogP contribution >= 0.6 is 0 Å². The lowest BCUT2D eigenvalue weighted by molar-refractivity contribution is -0.0678. The number of hydrogen-bond donors (Lipinski definition) is 1. The van der Waals surface area contributed by atoms with Crippen molar-refractivity contribution in [1.82, 2.24) is 4.90 Å². The average molecular weight is 240 g/mol. The van der Waals surface area contributed by atoms with Crippen molar-refractivity contribution in [1.29, 1.82) is 0 Å². The molecule has 0 spiro atoms. The van der Waals surface area contributed by atoms with Gasteiger partial charge in [0.05, 0.1) is 6.10 Å². The summed E-state index contributed by atoms with van der Waals surface area (Å²) in [5.74, 6) is 0. The van der Waals surface area contributed by atoms with E-state index in [0.717, 1.165) is 32.4 Å². The second-order valence-electron chi connectivity index (χ2n) is 6.62. The molecule has 0 aliphatic carbocycles. The summed E-state index contributed by atoms with van der Waals surface area (Å²) in [5.41, 5.74) is 6.80. The molecular weight excluding hydrogens is 212 g/mol. The highest BCUT2D eigenvalue weighted by atomic mass is 16.5. The molecule has 2 heterocycles. The molecule has 0 aromatic heterocycles. The van der Waals surface area contributed by atoms with Crippen LogP contribution in [0.4, 0.5) is 0 Å².